The Hall–Kier alpha value is -2.22. The second kappa shape index (κ2) is 6.49. The summed E-state index contributed by atoms with van der Waals surface area (Å²) in [7, 11) is 1.85. The van der Waals surface area contributed by atoms with Crippen LogP contribution in [-0.4, -0.2) is 63.5 Å². The third kappa shape index (κ3) is 3.12. The maximum absolute atomic E-state index is 12.7. The van der Waals surface area contributed by atoms with Crippen molar-refractivity contribution < 1.29 is 4.79 Å². The SMILES string of the molecule is CC1CCN(C(=O)CN(C)c2ncnc3nc[nH]c23)C(CN)C1. The van der Waals surface area contributed by atoms with Gasteiger partial charge in [0.2, 0.25) is 5.91 Å². The number of hydrogen-bond donors (Lipinski definition) is 2. The maximum Gasteiger partial charge on any atom is 0.242 e. The number of likely N-dealkylation sites (N-methyl/N-ethyl adjacent to an activating group) is 1. The quantitative estimate of drug-likeness (QED) is 0.844. The van der Waals surface area contributed by atoms with E-state index in [1.807, 2.05) is 16.8 Å². The number of aromatic nitrogens is 4. The third-order valence-corrected chi connectivity index (χ3v) is 4.51. The summed E-state index contributed by atoms with van der Waals surface area (Å²) in [6.07, 6.45) is 5.05. The molecule has 2 aromatic rings. The number of anilines is 1. The van der Waals surface area contributed by atoms with Crippen molar-refractivity contribution in [1.29, 1.82) is 0 Å². The normalized spacial score (nSPS) is 21.6. The number of amides is 1. The van der Waals surface area contributed by atoms with Gasteiger partial charge in [0.1, 0.15) is 11.8 Å². The Bertz CT molecular complexity index is 685. The molecule has 8 heteroatoms. The summed E-state index contributed by atoms with van der Waals surface area (Å²) < 4.78 is 0. The Kier molecular flexibility index (Phi) is 4.42. The first-order chi connectivity index (χ1) is 11.1. The lowest BCUT2D eigenvalue weighted by Crippen LogP contribution is -2.51. The van der Waals surface area contributed by atoms with Crippen LogP contribution >= 0.6 is 0 Å². The van der Waals surface area contributed by atoms with Gasteiger partial charge in [0, 0.05) is 26.2 Å². The molecule has 2 unspecified atom stereocenters. The number of rotatable bonds is 4. The number of likely N-dealkylation sites (tertiary alicyclic amines) is 1. The fraction of sp³-hybridized carbons (Fsp3) is 0.600. The summed E-state index contributed by atoms with van der Waals surface area (Å²) in [5.41, 5.74) is 7.19. The molecule has 124 valence electrons. The topological polar surface area (TPSA) is 104 Å². The van der Waals surface area contributed by atoms with Gasteiger partial charge >= 0.3 is 0 Å². The number of carbonyl (C=O) groups excluding carboxylic acids is 1. The van der Waals surface area contributed by atoms with Crippen molar-refractivity contribution >= 4 is 22.9 Å². The number of nitrogens with two attached hydrogens (primary N) is 1. The standard InChI is InChI=1S/C15H23N7O/c1-10-3-4-22(11(5-10)6-16)12(23)7-21(2)15-13-14(18-8-17-13)19-9-20-15/h8-11H,3-7,16H2,1-2H3,(H,17,18,19,20). The Balaban J connectivity index is 1.73. The third-order valence-electron chi connectivity index (χ3n) is 4.51. The molecule has 3 rings (SSSR count). The van der Waals surface area contributed by atoms with Gasteiger partial charge < -0.3 is 20.5 Å². The first kappa shape index (κ1) is 15.7. The number of fused-ring (bicyclic) bond motifs is 1. The first-order valence-electron chi connectivity index (χ1n) is 7.95. The van der Waals surface area contributed by atoms with Crippen LogP contribution in [0.25, 0.3) is 11.2 Å². The number of H-pyrrole nitrogens is 1. The lowest BCUT2D eigenvalue weighted by molar-refractivity contribution is -0.133. The molecule has 0 radical (unpaired) electrons. The molecule has 1 fully saturated rings. The van der Waals surface area contributed by atoms with Crippen LogP contribution in [0.1, 0.15) is 19.8 Å². The minimum atomic E-state index is 0.0844. The van der Waals surface area contributed by atoms with Crippen LogP contribution in [-0.2, 0) is 4.79 Å². The van der Waals surface area contributed by atoms with Crippen molar-refractivity contribution in [2.24, 2.45) is 11.7 Å². The van der Waals surface area contributed by atoms with E-state index in [0.717, 1.165) is 24.9 Å². The van der Waals surface area contributed by atoms with Gasteiger partial charge in [0.05, 0.1) is 12.9 Å². The summed E-state index contributed by atoms with van der Waals surface area (Å²) in [6.45, 7) is 3.76. The molecule has 2 atom stereocenters. The van der Waals surface area contributed by atoms with Crippen molar-refractivity contribution in [2.75, 3.05) is 31.6 Å². The fourth-order valence-corrected chi connectivity index (χ4v) is 3.21. The summed E-state index contributed by atoms with van der Waals surface area (Å²) in [5.74, 6) is 1.38. The molecular formula is C15H23N7O. The zero-order chi connectivity index (χ0) is 16.4. The molecule has 0 aliphatic carbocycles. The molecule has 23 heavy (non-hydrogen) atoms. The predicted molar refractivity (Wildman–Crippen MR) is 87.9 cm³/mol. The van der Waals surface area contributed by atoms with Crippen LogP contribution in [0.15, 0.2) is 12.7 Å². The minimum absolute atomic E-state index is 0.0844. The Morgan fingerprint density at radius 2 is 2.30 bits per heavy atom. The van der Waals surface area contributed by atoms with E-state index in [-0.39, 0.29) is 18.5 Å². The van der Waals surface area contributed by atoms with E-state index in [2.05, 4.69) is 26.9 Å². The molecule has 0 bridgehead atoms. The van der Waals surface area contributed by atoms with Gasteiger partial charge in [-0.3, -0.25) is 4.79 Å². The maximum atomic E-state index is 12.7. The monoisotopic (exact) mass is 317 g/mol. The minimum Gasteiger partial charge on any atom is -0.348 e. The highest BCUT2D eigenvalue weighted by molar-refractivity contribution is 5.87. The lowest BCUT2D eigenvalue weighted by Gasteiger charge is -2.38. The molecule has 3 heterocycles. The molecule has 3 N–H and O–H groups in total. The van der Waals surface area contributed by atoms with Crippen LogP contribution in [0.4, 0.5) is 5.82 Å². The smallest absolute Gasteiger partial charge is 0.242 e. The zero-order valence-electron chi connectivity index (χ0n) is 13.6. The summed E-state index contributed by atoms with van der Waals surface area (Å²) >= 11 is 0. The zero-order valence-corrected chi connectivity index (χ0v) is 13.6. The van der Waals surface area contributed by atoms with E-state index in [9.17, 15) is 4.79 Å². The van der Waals surface area contributed by atoms with E-state index in [1.54, 1.807) is 6.33 Å². The average Bonchev–Trinajstić information content (AvgIpc) is 3.02. The molecule has 1 amide bonds. The largest absolute Gasteiger partial charge is 0.348 e. The molecule has 1 aliphatic heterocycles. The second-order valence-corrected chi connectivity index (χ2v) is 6.26. The average molecular weight is 317 g/mol. The van der Waals surface area contributed by atoms with Crippen molar-refractivity contribution in [2.45, 2.75) is 25.8 Å². The predicted octanol–water partition coefficient (Wildman–Crippen LogP) is 0.375. The van der Waals surface area contributed by atoms with Crippen LogP contribution in [0.3, 0.4) is 0 Å². The highest BCUT2D eigenvalue weighted by Crippen LogP contribution is 2.23. The van der Waals surface area contributed by atoms with Gasteiger partial charge in [-0.05, 0) is 18.8 Å². The number of carbonyl (C=O) groups is 1. The summed E-state index contributed by atoms with van der Waals surface area (Å²) in [6, 6.07) is 0.136. The molecule has 0 saturated carbocycles. The molecule has 2 aromatic heterocycles. The van der Waals surface area contributed by atoms with Gasteiger partial charge in [0.25, 0.3) is 0 Å². The summed E-state index contributed by atoms with van der Waals surface area (Å²) in [5, 5.41) is 0. The van der Waals surface area contributed by atoms with E-state index in [1.165, 1.54) is 6.33 Å². The fourth-order valence-electron chi connectivity index (χ4n) is 3.21. The van der Waals surface area contributed by atoms with E-state index in [0.29, 0.717) is 23.9 Å². The Morgan fingerprint density at radius 3 is 3.09 bits per heavy atom. The highest BCUT2D eigenvalue weighted by atomic mass is 16.2. The van der Waals surface area contributed by atoms with Crippen molar-refractivity contribution in [1.82, 2.24) is 24.8 Å². The molecule has 8 nitrogen and oxygen atoms in total. The van der Waals surface area contributed by atoms with Crippen LogP contribution in [0, 0.1) is 5.92 Å². The number of hydrogen-bond acceptors (Lipinski definition) is 6. The van der Waals surface area contributed by atoms with Crippen LogP contribution in [0.5, 0.6) is 0 Å². The van der Waals surface area contributed by atoms with Crippen LogP contribution in [0.2, 0.25) is 0 Å². The van der Waals surface area contributed by atoms with Crippen LogP contribution < -0.4 is 10.6 Å². The van der Waals surface area contributed by atoms with Gasteiger partial charge in [-0.2, -0.15) is 0 Å². The van der Waals surface area contributed by atoms with Gasteiger partial charge in [0.15, 0.2) is 11.5 Å². The lowest BCUT2D eigenvalue weighted by atomic mass is 9.92. The van der Waals surface area contributed by atoms with E-state index in [4.69, 9.17) is 5.73 Å². The number of imidazole rings is 1. The highest BCUT2D eigenvalue weighted by Gasteiger charge is 2.29. The van der Waals surface area contributed by atoms with Gasteiger partial charge in [-0.15, -0.1) is 0 Å². The number of piperidine rings is 1. The summed E-state index contributed by atoms with van der Waals surface area (Å²) in [4.78, 5) is 32.0. The second-order valence-electron chi connectivity index (χ2n) is 6.26. The molecule has 0 spiro atoms. The Labute approximate surface area is 135 Å². The molecule has 1 saturated heterocycles. The van der Waals surface area contributed by atoms with Gasteiger partial charge in [-0.25, -0.2) is 15.0 Å². The first-order valence-corrected chi connectivity index (χ1v) is 7.95. The molecular weight excluding hydrogens is 294 g/mol. The molecule has 0 aromatic carbocycles. The van der Waals surface area contributed by atoms with Crippen molar-refractivity contribution in [3.63, 3.8) is 0 Å². The van der Waals surface area contributed by atoms with Gasteiger partial charge in [-0.1, -0.05) is 6.92 Å². The number of nitrogens with one attached hydrogen (secondary N) is 1. The van der Waals surface area contributed by atoms with Crippen molar-refractivity contribution in [3.05, 3.63) is 12.7 Å². The Morgan fingerprint density at radius 1 is 1.48 bits per heavy atom. The van der Waals surface area contributed by atoms with E-state index < -0.39 is 0 Å². The van der Waals surface area contributed by atoms with E-state index >= 15 is 0 Å². The number of nitrogens with zero attached hydrogens (tertiary/aromatic N) is 5. The number of aromatic amines is 1. The van der Waals surface area contributed by atoms with Crippen molar-refractivity contribution in [3.8, 4) is 0 Å². The molecule has 1 aliphatic rings.